The molecule has 150 valence electrons. The van der Waals surface area contributed by atoms with Gasteiger partial charge < -0.3 is 19.5 Å². The molecule has 2 aromatic carbocycles. The maximum Gasteiger partial charge on any atom is 0.264 e. The third-order valence-corrected chi connectivity index (χ3v) is 5.31. The highest BCUT2D eigenvalue weighted by Gasteiger charge is 2.33. The minimum absolute atomic E-state index is 0.0216. The zero-order chi connectivity index (χ0) is 20.2. The fraction of sp³-hybridized carbons (Fsp3) is 0.304. The molecule has 0 aliphatic carbocycles. The first-order valence-corrected chi connectivity index (χ1v) is 9.94. The van der Waals surface area contributed by atoms with Crippen molar-refractivity contribution in [3.05, 3.63) is 72.8 Å². The van der Waals surface area contributed by atoms with Crippen molar-refractivity contribution < 1.29 is 9.53 Å². The van der Waals surface area contributed by atoms with Gasteiger partial charge in [-0.2, -0.15) is 0 Å². The molecule has 2 heterocycles. The van der Waals surface area contributed by atoms with Gasteiger partial charge in [0.05, 0.1) is 0 Å². The maximum absolute atomic E-state index is 13.1. The Bertz CT molecular complexity index is 953. The topological polar surface area (TPSA) is 59.4 Å². The number of rotatable bonds is 5. The summed E-state index contributed by atoms with van der Waals surface area (Å²) in [6, 6.07) is 18.0. The molecule has 1 saturated heterocycles. The molecule has 6 nitrogen and oxygen atoms in total. The van der Waals surface area contributed by atoms with Crippen LogP contribution in [0.2, 0.25) is 0 Å². The van der Waals surface area contributed by atoms with Crippen molar-refractivity contribution in [2.75, 3.05) is 19.6 Å². The van der Waals surface area contributed by atoms with Crippen LogP contribution in [0.3, 0.4) is 0 Å². The van der Waals surface area contributed by atoms with Gasteiger partial charge in [0.25, 0.3) is 5.91 Å². The highest BCUT2D eigenvalue weighted by molar-refractivity contribution is 5.81. The number of carbonyl (C=O) groups excluding carboxylic acids is 1. The van der Waals surface area contributed by atoms with Crippen molar-refractivity contribution in [2.45, 2.75) is 19.1 Å². The molecule has 0 spiro atoms. The van der Waals surface area contributed by atoms with Gasteiger partial charge in [-0.3, -0.25) is 4.79 Å². The van der Waals surface area contributed by atoms with Gasteiger partial charge in [-0.1, -0.05) is 42.5 Å². The Morgan fingerprint density at radius 2 is 1.86 bits per heavy atom. The molecule has 1 amide bonds. The van der Waals surface area contributed by atoms with E-state index >= 15 is 0 Å². The van der Waals surface area contributed by atoms with Crippen LogP contribution in [0.4, 0.5) is 0 Å². The Morgan fingerprint density at radius 1 is 1.14 bits per heavy atom. The van der Waals surface area contributed by atoms with Crippen LogP contribution in [-0.2, 0) is 11.8 Å². The van der Waals surface area contributed by atoms with Crippen LogP contribution < -0.4 is 10.1 Å². The van der Waals surface area contributed by atoms with Gasteiger partial charge in [-0.15, -0.1) is 0 Å². The summed E-state index contributed by atoms with van der Waals surface area (Å²) in [5.74, 6) is 1.55. The molecular weight excluding hydrogens is 364 g/mol. The van der Waals surface area contributed by atoms with Crippen molar-refractivity contribution in [1.82, 2.24) is 19.8 Å². The highest BCUT2D eigenvalue weighted by atomic mass is 16.5. The van der Waals surface area contributed by atoms with Crippen molar-refractivity contribution in [3.63, 3.8) is 0 Å². The quantitative estimate of drug-likeness (QED) is 0.728. The van der Waals surface area contributed by atoms with Gasteiger partial charge in [-0.05, 0) is 30.2 Å². The van der Waals surface area contributed by atoms with E-state index in [-0.39, 0.29) is 11.9 Å². The number of imidazole rings is 1. The van der Waals surface area contributed by atoms with Crippen LogP contribution in [0.25, 0.3) is 11.1 Å². The number of aryl methyl sites for hydroxylation is 1. The fourth-order valence-electron chi connectivity index (χ4n) is 3.74. The van der Waals surface area contributed by atoms with Crippen LogP contribution >= 0.6 is 0 Å². The van der Waals surface area contributed by atoms with E-state index in [0.717, 1.165) is 23.5 Å². The second kappa shape index (κ2) is 8.49. The van der Waals surface area contributed by atoms with E-state index < -0.39 is 6.10 Å². The number of hydrogen-bond donors (Lipinski definition) is 1. The van der Waals surface area contributed by atoms with E-state index in [1.165, 1.54) is 0 Å². The second-order valence-corrected chi connectivity index (χ2v) is 7.30. The standard InChI is InChI=1S/C23H26N4O2/c1-17(29-20-10-8-19(9-11-20)18-6-4-3-5-7-18)23(28)27-15-12-24-16-21(27)22-25-13-14-26(22)2/h3-11,13-14,17,21,24H,12,15-16H2,1-2H3. The summed E-state index contributed by atoms with van der Waals surface area (Å²) in [5.41, 5.74) is 2.27. The molecule has 0 saturated carbocycles. The van der Waals surface area contributed by atoms with Gasteiger partial charge in [0.1, 0.15) is 17.6 Å². The average Bonchev–Trinajstić information content (AvgIpc) is 3.20. The molecule has 29 heavy (non-hydrogen) atoms. The fourth-order valence-corrected chi connectivity index (χ4v) is 3.74. The van der Waals surface area contributed by atoms with E-state index in [2.05, 4.69) is 22.4 Å². The summed E-state index contributed by atoms with van der Waals surface area (Å²) in [4.78, 5) is 19.5. The van der Waals surface area contributed by atoms with Gasteiger partial charge in [-0.25, -0.2) is 4.98 Å². The summed E-state index contributed by atoms with van der Waals surface area (Å²) in [5, 5.41) is 3.36. The van der Waals surface area contributed by atoms with Gasteiger partial charge in [0, 0.05) is 39.1 Å². The van der Waals surface area contributed by atoms with Gasteiger partial charge >= 0.3 is 0 Å². The minimum atomic E-state index is -0.571. The van der Waals surface area contributed by atoms with E-state index in [1.54, 1.807) is 6.20 Å². The van der Waals surface area contributed by atoms with Gasteiger partial charge in [0.15, 0.2) is 6.10 Å². The molecule has 4 rings (SSSR count). The molecule has 1 aliphatic heterocycles. The maximum atomic E-state index is 13.1. The number of hydrogen-bond acceptors (Lipinski definition) is 4. The largest absolute Gasteiger partial charge is 0.481 e. The van der Waals surface area contributed by atoms with Crippen LogP contribution in [-0.4, -0.2) is 46.1 Å². The molecule has 1 aliphatic rings. The van der Waals surface area contributed by atoms with E-state index in [4.69, 9.17) is 4.74 Å². The van der Waals surface area contributed by atoms with Gasteiger partial charge in [0.2, 0.25) is 0 Å². The van der Waals surface area contributed by atoms with Crippen LogP contribution in [0, 0.1) is 0 Å². The molecule has 6 heteroatoms. The lowest BCUT2D eigenvalue weighted by Crippen LogP contribution is -2.52. The number of carbonyl (C=O) groups is 1. The normalized spacial score (nSPS) is 17.7. The molecule has 1 N–H and O–H groups in total. The predicted molar refractivity (Wildman–Crippen MR) is 112 cm³/mol. The highest BCUT2D eigenvalue weighted by Crippen LogP contribution is 2.25. The zero-order valence-electron chi connectivity index (χ0n) is 16.8. The molecule has 2 atom stereocenters. The zero-order valence-corrected chi connectivity index (χ0v) is 16.8. The minimum Gasteiger partial charge on any atom is -0.481 e. The molecule has 3 aromatic rings. The second-order valence-electron chi connectivity index (χ2n) is 7.30. The first-order valence-electron chi connectivity index (χ1n) is 9.94. The number of amides is 1. The van der Waals surface area contributed by atoms with Crippen molar-refractivity contribution >= 4 is 5.91 Å². The Kier molecular flexibility index (Phi) is 5.62. The van der Waals surface area contributed by atoms with E-state index in [1.807, 2.05) is 72.1 Å². The summed E-state index contributed by atoms with van der Waals surface area (Å²) in [6.07, 6.45) is 3.10. The smallest absolute Gasteiger partial charge is 0.264 e. The number of piperazine rings is 1. The third-order valence-electron chi connectivity index (χ3n) is 5.31. The monoisotopic (exact) mass is 390 g/mol. The Hall–Kier alpha value is -3.12. The molecule has 2 unspecified atom stereocenters. The lowest BCUT2D eigenvalue weighted by atomic mass is 10.1. The summed E-state index contributed by atoms with van der Waals surface area (Å²) < 4.78 is 7.94. The number of nitrogens with zero attached hydrogens (tertiary/aromatic N) is 3. The summed E-state index contributed by atoms with van der Waals surface area (Å²) in [6.45, 7) is 3.90. The first-order chi connectivity index (χ1) is 14.1. The van der Waals surface area contributed by atoms with Crippen LogP contribution in [0.5, 0.6) is 5.75 Å². The Morgan fingerprint density at radius 3 is 2.55 bits per heavy atom. The molecule has 0 bridgehead atoms. The molecule has 1 aromatic heterocycles. The summed E-state index contributed by atoms with van der Waals surface area (Å²) >= 11 is 0. The number of aromatic nitrogens is 2. The van der Waals surface area contributed by atoms with Crippen LogP contribution in [0.15, 0.2) is 67.0 Å². The van der Waals surface area contributed by atoms with Crippen molar-refractivity contribution in [2.24, 2.45) is 7.05 Å². The molecule has 1 fully saturated rings. The van der Waals surface area contributed by atoms with Crippen LogP contribution in [0.1, 0.15) is 18.8 Å². The third kappa shape index (κ3) is 4.17. The average molecular weight is 390 g/mol. The van der Waals surface area contributed by atoms with Crippen molar-refractivity contribution in [3.8, 4) is 16.9 Å². The SMILES string of the molecule is CC(Oc1ccc(-c2ccccc2)cc1)C(=O)N1CCNCC1c1nccn1C. The predicted octanol–water partition coefficient (Wildman–Crippen LogP) is 3.03. The Labute approximate surface area is 171 Å². The first kappa shape index (κ1) is 19.2. The molecule has 0 radical (unpaired) electrons. The lowest BCUT2D eigenvalue weighted by molar-refractivity contribution is -0.141. The van der Waals surface area contributed by atoms with E-state index in [0.29, 0.717) is 18.8 Å². The Balaban J connectivity index is 1.45. The lowest BCUT2D eigenvalue weighted by Gasteiger charge is -2.37. The summed E-state index contributed by atoms with van der Waals surface area (Å²) in [7, 11) is 1.95. The number of benzene rings is 2. The van der Waals surface area contributed by atoms with Crippen molar-refractivity contribution in [1.29, 1.82) is 0 Å². The number of nitrogens with one attached hydrogen (secondary N) is 1. The number of ether oxygens (including phenoxy) is 1. The molecular formula is C23H26N4O2. The van der Waals surface area contributed by atoms with E-state index in [9.17, 15) is 4.79 Å².